The number of nitrogens with zero attached hydrogens (tertiary/aromatic N) is 3. The predicted octanol–water partition coefficient (Wildman–Crippen LogP) is 0.435. The van der Waals surface area contributed by atoms with Gasteiger partial charge in [-0.3, -0.25) is 14.8 Å². The van der Waals surface area contributed by atoms with Crippen LogP contribution >= 0.6 is 0 Å². The average molecular weight is 285 g/mol. The first-order valence-corrected chi connectivity index (χ1v) is 6.65. The van der Waals surface area contributed by atoms with Crippen LogP contribution in [0.25, 0.3) is 17.5 Å². The van der Waals surface area contributed by atoms with Crippen LogP contribution in [-0.2, 0) is 0 Å². The van der Waals surface area contributed by atoms with Gasteiger partial charge in [0.15, 0.2) is 5.49 Å². The molecule has 108 valence electrons. The van der Waals surface area contributed by atoms with Crippen molar-refractivity contribution in [2.24, 2.45) is 4.99 Å². The summed E-state index contributed by atoms with van der Waals surface area (Å²) in [6.07, 6.45) is 5.13. The van der Waals surface area contributed by atoms with Gasteiger partial charge in [0, 0.05) is 25.0 Å². The molecule has 1 aliphatic rings. The van der Waals surface area contributed by atoms with Gasteiger partial charge in [-0.2, -0.15) is 5.10 Å². The number of H-pyrrole nitrogens is 2. The summed E-state index contributed by atoms with van der Waals surface area (Å²) in [5.74, 6) is 0.443. The Morgan fingerprint density at radius 3 is 2.81 bits per heavy atom. The number of aromatic nitrogens is 4. The van der Waals surface area contributed by atoms with E-state index in [4.69, 9.17) is 0 Å². The molecule has 0 spiro atoms. The Bertz CT molecular complexity index is 883. The molecule has 0 atom stereocenters. The fourth-order valence-electron chi connectivity index (χ4n) is 2.32. The minimum Gasteiger partial charge on any atom is -0.313 e. The maximum Gasteiger partial charge on any atom is 0.325 e. The van der Waals surface area contributed by atoms with Crippen molar-refractivity contribution < 1.29 is 0 Å². The third-order valence-electron chi connectivity index (χ3n) is 3.48. The van der Waals surface area contributed by atoms with Crippen molar-refractivity contribution in [3.8, 4) is 11.3 Å². The van der Waals surface area contributed by atoms with Crippen molar-refractivity contribution in [2.45, 2.75) is 18.8 Å². The highest BCUT2D eigenvalue weighted by atomic mass is 16.2. The number of aromatic amines is 2. The van der Waals surface area contributed by atoms with Crippen LogP contribution in [0.1, 0.15) is 24.3 Å². The summed E-state index contributed by atoms with van der Waals surface area (Å²) in [6.45, 7) is 3.73. The molecule has 0 unspecified atom stereocenters. The zero-order valence-electron chi connectivity index (χ0n) is 11.6. The largest absolute Gasteiger partial charge is 0.325 e. The van der Waals surface area contributed by atoms with E-state index in [9.17, 15) is 9.59 Å². The molecular weight excluding hydrogens is 270 g/mol. The van der Waals surface area contributed by atoms with Crippen molar-refractivity contribution in [3.63, 3.8) is 0 Å². The lowest BCUT2D eigenvalue weighted by molar-refractivity contribution is 0.799. The van der Waals surface area contributed by atoms with Gasteiger partial charge in [0.05, 0.1) is 11.3 Å². The van der Waals surface area contributed by atoms with Gasteiger partial charge in [-0.05, 0) is 24.8 Å². The fraction of sp³-hybridized carbons (Fsp3) is 0.286. The van der Waals surface area contributed by atoms with E-state index in [2.05, 4.69) is 26.6 Å². The van der Waals surface area contributed by atoms with Crippen LogP contribution < -0.4 is 16.7 Å². The van der Waals surface area contributed by atoms with E-state index in [0.29, 0.717) is 17.2 Å². The Morgan fingerprint density at radius 1 is 1.48 bits per heavy atom. The second-order valence-electron chi connectivity index (χ2n) is 4.92. The Labute approximate surface area is 119 Å². The molecule has 2 aromatic heterocycles. The van der Waals surface area contributed by atoms with Crippen LogP contribution in [-0.4, -0.2) is 26.8 Å². The molecule has 1 aliphatic carbocycles. The third kappa shape index (κ3) is 2.37. The standard InChI is InChI=1S/C14H15N5O2/c1-3-19-12(15-2)9(8-4-5-8)6-11(18-19)10-7-16-14(21)17-13(10)20/h3,6-8H,1,4-5H2,2H3,(H2,16,17,20,21). The first kappa shape index (κ1) is 13.3. The normalized spacial score (nSPS) is 15.2. The minimum atomic E-state index is -0.539. The Morgan fingerprint density at radius 2 is 2.24 bits per heavy atom. The predicted molar refractivity (Wildman–Crippen MR) is 78.8 cm³/mol. The van der Waals surface area contributed by atoms with Crippen molar-refractivity contribution in [2.75, 3.05) is 7.05 Å². The number of rotatable bonds is 3. The molecule has 0 aliphatic heterocycles. The molecule has 0 radical (unpaired) electrons. The zero-order valence-corrected chi connectivity index (χ0v) is 11.6. The Balaban J connectivity index is 2.29. The monoisotopic (exact) mass is 285 g/mol. The van der Waals surface area contributed by atoms with Gasteiger partial charge in [-0.15, -0.1) is 0 Å². The summed E-state index contributed by atoms with van der Waals surface area (Å²) < 4.78 is 1.56. The molecule has 0 bridgehead atoms. The number of hydrogen-bond acceptors (Lipinski definition) is 4. The molecule has 7 heteroatoms. The van der Waals surface area contributed by atoms with E-state index in [1.165, 1.54) is 6.20 Å². The molecule has 0 aromatic carbocycles. The van der Waals surface area contributed by atoms with E-state index in [1.54, 1.807) is 17.9 Å². The van der Waals surface area contributed by atoms with Gasteiger partial charge < -0.3 is 4.98 Å². The second kappa shape index (κ2) is 5.01. The van der Waals surface area contributed by atoms with Crippen LogP contribution in [0.2, 0.25) is 0 Å². The lowest BCUT2D eigenvalue weighted by Gasteiger charge is -2.09. The molecule has 2 N–H and O–H groups in total. The maximum atomic E-state index is 11.9. The molecule has 7 nitrogen and oxygen atoms in total. The topological polar surface area (TPSA) is 95.9 Å². The van der Waals surface area contributed by atoms with Crippen LogP contribution in [0.5, 0.6) is 0 Å². The zero-order chi connectivity index (χ0) is 15.0. The van der Waals surface area contributed by atoms with Gasteiger partial charge >= 0.3 is 5.69 Å². The van der Waals surface area contributed by atoms with Crippen molar-refractivity contribution in [3.05, 3.63) is 50.7 Å². The van der Waals surface area contributed by atoms with Gasteiger partial charge in [0.2, 0.25) is 0 Å². The minimum absolute atomic E-state index is 0.315. The lowest BCUT2D eigenvalue weighted by atomic mass is 10.1. The lowest BCUT2D eigenvalue weighted by Crippen LogP contribution is -2.27. The molecule has 1 fully saturated rings. The molecule has 21 heavy (non-hydrogen) atoms. The van der Waals surface area contributed by atoms with Crippen LogP contribution in [0, 0.1) is 0 Å². The van der Waals surface area contributed by atoms with Gasteiger partial charge in [0.1, 0.15) is 0 Å². The molecule has 3 rings (SSSR count). The average Bonchev–Trinajstić information content (AvgIpc) is 3.30. The van der Waals surface area contributed by atoms with E-state index in [0.717, 1.165) is 23.9 Å². The summed E-state index contributed by atoms with van der Waals surface area (Å²) in [5.41, 5.74) is 1.59. The van der Waals surface area contributed by atoms with Crippen molar-refractivity contribution >= 4 is 6.20 Å². The first-order chi connectivity index (χ1) is 10.1. The third-order valence-corrected chi connectivity index (χ3v) is 3.48. The SMILES string of the molecule is C=Cn1nc(-c2c[nH]c(=O)[nH]c2=O)cc(C2CC2)c1=NC. The van der Waals surface area contributed by atoms with Crippen LogP contribution in [0.4, 0.5) is 0 Å². The van der Waals surface area contributed by atoms with Crippen LogP contribution in [0.3, 0.4) is 0 Å². The van der Waals surface area contributed by atoms with E-state index in [1.807, 2.05) is 6.07 Å². The molecule has 2 aromatic rings. The van der Waals surface area contributed by atoms with E-state index < -0.39 is 11.2 Å². The molecule has 0 saturated heterocycles. The molecule has 2 heterocycles. The fourth-order valence-corrected chi connectivity index (χ4v) is 2.32. The maximum absolute atomic E-state index is 11.9. The molecular formula is C14H15N5O2. The highest BCUT2D eigenvalue weighted by molar-refractivity contribution is 5.57. The highest BCUT2D eigenvalue weighted by Crippen LogP contribution is 2.38. The quantitative estimate of drug-likeness (QED) is 0.856. The Kier molecular flexibility index (Phi) is 3.17. The van der Waals surface area contributed by atoms with Crippen LogP contribution in [0.15, 0.2) is 33.4 Å². The van der Waals surface area contributed by atoms with E-state index in [-0.39, 0.29) is 0 Å². The smallest absolute Gasteiger partial charge is 0.313 e. The van der Waals surface area contributed by atoms with Gasteiger partial charge in [0.25, 0.3) is 5.56 Å². The summed E-state index contributed by atoms with van der Waals surface area (Å²) in [7, 11) is 1.70. The molecule has 1 saturated carbocycles. The van der Waals surface area contributed by atoms with Crippen molar-refractivity contribution in [1.82, 2.24) is 19.7 Å². The van der Waals surface area contributed by atoms with Gasteiger partial charge in [-0.1, -0.05) is 6.58 Å². The number of hydrogen-bond donors (Lipinski definition) is 2. The molecule has 0 amide bonds. The number of nitrogens with one attached hydrogen (secondary N) is 2. The van der Waals surface area contributed by atoms with E-state index >= 15 is 0 Å². The second-order valence-corrected chi connectivity index (χ2v) is 4.92. The Hall–Kier alpha value is -2.70. The summed E-state index contributed by atoms with van der Waals surface area (Å²) in [6, 6.07) is 1.86. The summed E-state index contributed by atoms with van der Waals surface area (Å²) in [4.78, 5) is 32.0. The summed E-state index contributed by atoms with van der Waals surface area (Å²) >= 11 is 0. The summed E-state index contributed by atoms with van der Waals surface area (Å²) in [5, 5.41) is 4.36. The van der Waals surface area contributed by atoms with Gasteiger partial charge in [-0.25, -0.2) is 9.48 Å². The van der Waals surface area contributed by atoms with Crippen molar-refractivity contribution in [1.29, 1.82) is 0 Å². The highest BCUT2D eigenvalue weighted by Gasteiger charge is 2.27. The first-order valence-electron chi connectivity index (χ1n) is 6.65.